The van der Waals surface area contributed by atoms with E-state index in [0.29, 0.717) is 15.7 Å². The Hall–Kier alpha value is -2.49. The van der Waals surface area contributed by atoms with Gasteiger partial charge in [-0.1, -0.05) is 0 Å². The fraction of sp³-hybridized carbons (Fsp3) is 0.273. The Labute approximate surface area is 124 Å². The molecule has 0 fully saturated rings. The fourth-order valence-corrected chi connectivity index (χ4v) is 2.22. The largest absolute Gasteiger partial charge is 0.480 e. The number of amides is 1. The van der Waals surface area contributed by atoms with E-state index in [9.17, 15) is 9.59 Å². The Bertz CT molecular complexity index is 671. The number of nitrogens with zero attached hydrogens (tertiary/aromatic N) is 6. The lowest BCUT2D eigenvalue weighted by molar-refractivity contribution is -0.138. The van der Waals surface area contributed by atoms with Gasteiger partial charge in [0.2, 0.25) is 5.16 Å². The standard InChI is InChI=1S/C11H12N6O3S/c1-16(2)10(20)8-5-7(3-4-12-8)21-11-13-14-15-17(11)6-9(18)19/h3-5H,6H2,1-2H3,(H,18,19). The quantitative estimate of drug-likeness (QED) is 0.821. The predicted octanol–water partition coefficient (Wildman–Crippen LogP) is 0.00570. The summed E-state index contributed by atoms with van der Waals surface area (Å²) in [5, 5.41) is 19.9. The van der Waals surface area contributed by atoms with Crippen LogP contribution in [0, 0.1) is 0 Å². The zero-order chi connectivity index (χ0) is 15.4. The molecule has 2 heterocycles. The molecule has 0 aromatic carbocycles. The van der Waals surface area contributed by atoms with Crippen LogP contribution >= 0.6 is 11.8 Å². The maximum absolute atomic E-state index is 11.8. The van der Waals surface area contributed by atoms with Gasteiger partial charge in [0, 0.05) is 25.2 Å². The summed E-state index contributed by atoms with van der Waals surface area (Å²) in [4.78, 5) is 28.7. The van der Waals surface area contributed by atoms with Crippen molar-refractivity contribution in [3.05, 3.63) is 24.0 Å². The number of carboxylic acids is 1. The van der Waals surface area contributed by atoms with E-state index in [1.807, 2.05) is 0 Å². The molecule has 0 atom stereocenters. The Morgan fingerprint density at radius 2 is 2.19 bits per heavy atom. The van der Waals surface area contributed by atoms with Crippen molar-refractivity contribution in [2.24, 2.45) is 0 Å². The van der Waals surface area contributed by atoms with E-state index in [-0.39, 0.29) is 12.5 Å². The molecule has 0 spiro atoms. The molecule has 110 valence electrons. The number of pyridine rings is 1. The normalized spacial score (nSPS) is 10.4. The smallest absolute Gasteiger partial charge is 0.325 e. The molecule has 1 amide bonds. The van der Waals surface area contributed by atoms with Crippen molar-refractivity contribution in [3.63, 3.8) is 0 Å². The van der Waals surface area contributed by atoms with Gasteiger partial charge in [-0.3, -0.25) is 14.6 Å². The van der Waals surface area contributed by atoms with Crippen molar-refractivity contribution in [1.29, 1.82) is 0 Å². The van der Waals surface area contributed by atoms with Gasteiger partial charge in [0.05, 0.1) is 0 Å². The monoisotopic (exact) mass is 308 g/mol. The first-order chi connectivity index (χ1) is 9.97. The first kappa shape index (κ1) is 14.9. The van der Waals surface area contributed by atoms with Gasteiger partial charge in [0.1, 0.15) is 12.2 Å². The van der Waals surface area contributed by atoms with Gasteiger partial charge in [-0.05, 0) is 34.3 Å². The highest BCUT2D eigenvalue weighted by Gasteiger charge is 2.14. The van der Waals surface area contributed by atoms with Gasteiger partial charge in [-0.15, -0.1) is 5.10 Å². The minimum absolute atomic E-state index is 0.220. The number of aromatic nitrogens is 5. The average Bonchev–Trinajstić information content (AvgIpc) is 2.84. The number of carboxylic acid groups (broad SMARTS) is 1. The summed E-state index contributed by atoms with van der Waals surface area (Å²) in [7, 11) is 3.27. The van der Waals surface area contributed by atoms with Gasteiger partial charge in [-0.25, -0.2) is 4.68 Å². The second-order valence-electron chi connectivity index (χ2n) is 4.19. The molecule has 2 rings (SSSR count). The lowest BCUT2D eigenvalue weighted by Gasteiger charge is -2.09. The third-order valence-corrected chi connectivity index (χ3v) is 3.31. The molecule has 9 nitrogen and oxygen atoms in total. The van der Waals surface area contributed by atoms with Crippen LogP contribution in [-0.2, 0) is 11.3 Å². The van der Waals surface area contributed by atoms with Crippen LogP contribution in [0.25, 0.3) is 0 Å². The fourth-order valence-electron chi connectivity index (χ4n) is 1.42. The van der Waals surface area contributed by atoms with Gasteiger partial charge >= 0.3 is 5.97 Å². The highest BCUT2D eigenvalue weighted by atomic mass is 32.2. The highest BCUT2D eigenvalue weighted by molar-refractivity contribution is 7.99. The molecule has 1 N–H and O–H groups in total. The molecule has 21 heavy (non-hydrogen) atoms. The lowest BCUT2D eigenvalue weighted by Crippen LogP contribution is -2.22. The Morgan fingerprint density at radius 3 is 2.86 bits per heavy atom. The summed E-state index contributed by atoms with van der Waals surface area (Å²) in [6.45, 7) is -0.329. The third-order valence-electron chi connectivity index (χ3n) is 2.35. The molecule has 0 saturated carbocycles. The second-order valence-corrected chi connectivity index (χ2v) is 5.23. The predicted molar refractivity (Wildman–Crippen MR) is 71.8 cm³/mol. The van der Waals surface area contributed by atoms with E-state index in [4.69, 9.17) is 5.11 Å². The summed E-state index contributed by atoms with van der Waals surface area (Å²) < 4.78 is 1.17. The van der Waals surface area contributed by atoms with Crippen molar-refractivity contribution in [3.8, 4) is 0 Å². The molecule has 0 unspecified atom stereocenters. The second kappa shape index (κ2) is 6.31. The lowest BCUT2D eigenvalue weighted by atomic mass is 10.3. The van der Waals surface area contributed by atoms with Crippen LogP contribution < -0.4 is 0 Å². The molecule has 0 bridgehead atoms. The number of carbonyl (C=O) groups excluding carboxylic acids is 1. The maximum Gasteiger partial charge on any atom is 0.325 e. The number of hydrogen-bond donors (Lipinski definition) is 1. The van der Waals surface area contributed by atoms with Crippen LogP contribution in [-0.4, -0.2) is 61.2 Å². The van der Waals surface area contributed by atoms with Crippen LogP contribution in [0.3, 0.4) is 0 Å². The summed E-state index contributed by atoms with van der Waals surface area (Å²) >= 11 is 1.16. The molecule has 0 aliphatic heterocycles. The van der Waals surface area contributed by atoms with E-state index in [1.165, 1.54) is 15.8 Å². The van der Waals surface area contributed by atoms with Crippen LogP contribution in [0.4, 0.5) is 0 Å². The van der Waals surface area contributed by atoms with Crippen molar-refractivity contribution in [2.75, 3.05) is 14.1 Å². The average molecular weight is 308 g/mol. The topological polar surface area (TPSA) is 114 Å². The Kier molecular flexibility index (Phi) is 4.48. The molecule has 0 saturated heterocycles. The zero-order valence-electron chi connectivity index (χ0n) is 11.3. The number of tetrazole rings is 1. The molecular formula is C11H12N6O3S. The third kappa shape index (κ3) is 3.75. The Morgan fingerprint density at radius 1 is 1.43 bits per heavy atom. The highest BCUT2D eigenvalue weighted by Crippen LogP contribution is 2.25. The number of aliphatic carboxylic acids is 1. The van der Waals surface area contributed by atoms with Gasteiger partial charge < -0.3 is 10.0 Å². The van der Waals surface area contributed by atoms with Gasteiger partial charge in [0.25, 0.3) is 5.91 Å². The molecule has 0 radical (unpaired) electrons. The van der Waals surface area contributed by atoms with Crippen LogP contribution in [0.5, 0.6) is 0 Å². The van der Waals surface area contributed by atoms with Gasteiger partial charge in [0.15, 0.2) is 0 Å². The van der Waals surface area contributed by atoms with Crippen molar-refractivity contribution in [2.45, 2.75) is 16.6 Å². The summed E-state index contributed by atoms with van der Waals surface area (Å²) in [5.41, 5.74) is 0.294. The van der Waals surface area contributed by atoms with Crippen molar-refractivity contribution in [1.82, 2.24) is 30.1 Å². The first-order valence-electron chi connectivity index (χ1n) is 5.81. The van der Waals surface area contributed by atoms with E-state index in [0.717, 1.165) is 11.8 Å². The number of hydrogen-bond acceptors (Lipinski definition) is 7. The van der Waals surface area contributed by atoms with Crippen LogP contribution in [0.15, 0.2) is 28.4 Å². The minimum atomic E-state index is -1.04. The van der Waals surface area contributed by atoms with E-state index in [2.05, 4.69) is 20.5 Å². The summed E-state index contributed by atoms with van der Waals surface area (Å²) in [6, 6.07) is 3.30. The molecule has 0 aliphatic carbocycles. The zero-order valence-corrected chi connectivity index (χ0v) is 12.1. The van der Waals surface area contributed by atoms with Crippen LogP contribution in [0.1, 0.15) is 10.5 Å². The molecule has 0 aliphatic rings. The van der Waals surface area contributed by atoms with Gasteiger partial charge in [-0.2, -0.15) is 0 Å². The minimum Gasteiger partial charge on any atom is -0.480 e. The summed E-state index contributed by atoms with van der Waals surface area (Å²) in [5.74, 6) is -1.26. The van der Waals surface area contributed by atoms with E-state index in [1.54, 1.807) is 26.2 Å². The molecule has 10 heteroatoms. The molecule has 2 aromatic heterocycles. The molecular weight excluding hydrogens is 296 g/mol. The number of carbonyl (C=O) groups is 2. The van der Waals surface area contributed by atoms with Crippen molar-refractivity contribution >= 4 is 23.6 Å². The SMILES string of the molecule is CN(C)C(=O)c1cc(Sc2nnnn2CC(=O)O)ccn1. The summed E-state index contributed by atoms with van der Waals surface area (Å²) in [6.07, 6.45) is 1.50. The molecule has 2 aromatic rings. The Balaban J connectivity index is 2.21. The van der Waals surface area contributed by atoms with E-state index < -0.39 is 5.97 Å². The first-order valence-corrected chi connectivity index (χ1v) is 6.62. The maximum atomic E-state index is 11.8. The number of rotatable bonds is 5. The van der Waals surface area contributed by atoms with Crippen molar-refractivity contribution < 1.29 is 14.7 Å². The van der Waals surface area contributed by atoms with Crippen LogP contribution in [0.2, 0.25) is 0 Å². The van der Waals surface area contributed by atoms with E-state index >= 15 is 0 Å².